The molecule has 1 aliphatic rings. The van der Waals surface area contributed by atoms with Crippen LogP contribution in [0.5, 0.6) is 0 Å². The highest BCUT2D eigenvalue weighted by Crippen LogP contribution is 2.32. The Hall–Kier alpha value is -4.84. The van der Waals surface area contributed by atoms with Crippen molar-refractivity contribution in [2.24, 2.45) is 0 Å². The van der Waals surface area contributed by atoms with Gasteiger partial charge in [-0.15, -0.1) is 0 Å². The molecular formula is C32H25NO5. The number of aryl methyl sites for hydroxylation is 3. The number of benzene rings is 4. The number of ether oxygens (including phenoxy) is 1. The zero-order valence-corrected chi connectivity index (χ0v) is 21.2. The molecule has 2 amide bonds. The molecule has 1 atom stereocenters. The van der Waals surface area contributed by atoms with Crippen LogP contribution in [0, 0.1) is 20.8 Å². The highest BCUT2D eigenvalue weighted by molar-refractivity contribution is 6.34. The van der Waals surface area contributed by atoms with Crippen molar-refractivity contribution in [1.29, 1.82) is 0 Å². The number of amides is 2. The summed E-state index contributed by atoms with van der Waals surface area (Å²) >= 11 is 0. The van der Waals surface area contributed by atoms with Crippen LogP contribution >= 0.6 is 0 Å². The van der Waals surface area contributed by atoms with Crippen LogP contribution in [0.4, 0.5) is 5.69 Å². The predicted molar refractivity (Wildman–Crippen MR) is 144 cm³/mol. The van der Waals surface area contributed by atoms with Gasteiger partial charge < -0.3 is 4.74 Å². The lowest BCUT2D eigenvalue weighted by molar-refractivity contribution is 0.0280. The second kappa shape index (κ2) is 9.90. The number of anilines is 1. The van der Waals surface area contributed by atoms with Gasteiger partial charge in [-0.25, -0.2) is 9.69 Å². The van der Waals surface area contributed by atoms with Crippen molar-refractivity contribution in [3.05, 3.63) is 136 Å². The standard InChI is InChI=1S/C32H25NO5/c1-19-13-15-23(17-21(19)3)28(34)29(22-9-5-4-6-10-22)38-32(37)24-16-14-20(2)27(18-24)33-30(35)25-11-7-8-12-26(25)31(33)36/h4-18,29H,1-3H3. The summed E-state index contributed by atoms with van der Waals surface area (Å²) in [6, 6.07) is 25.5. The number of esters is 1. The predicted octanol–water partition coefficient (Wildman–Crippen LogP) is 6.19. The zero-order valence-electron chi connectivity index (χ0n) is 21.2. The van der Waals surface area contributed by atoms with Crippen LogP contribution in [0.25, 0.3) is 0 Å². The SMILES string of the molecule is Cc1ccc(C(=O)C(OC(=O)c2ccc(C)c(N3C(=O)c4ccccc4C3=O)c2)c2ccccc2)cc1C. The number of nitrogens with zero attached hydrogens (tertiary/aromatic N) is 1. The summed E-state index contributed by atoms with van der Waals surface area (Å²) in [5, 5.41) is 0. The molecule has 1 aliphatic heterocycles. The van der Waals surface area contributed by atoms with E-state index in [1.807, 2.05) is 26.0 Å². The van der Waals surface area contributed by atoms with E-state index in [1.165, 1.54) is 6.07 Å². The maximum Gasteiger partial charge on any atom is 0.339 e. The zero-order chi connectivity index (χ0) is 27.0. The fourth-order valence-electron chi connectivity index (χ4n) is 4.51. The number of imide groups is 1. The van der Waals surface area contributed by atoms with Crippen LogP contribution in [0.2, 0.25) is 0 Å². The lowest BCUT2D eigenvalue weighted by Crippen LogP contribution is -2.30. The maximum absolute atomic E-state index is 13.5. The molecule has 0 bridgehead atoms. The van der Waals surface area contributed by atoms with Gasteiger partial charge in [0.1, 0.15) is 0 Å². The minimum atomic E-state index is -1.17. The number of rotatable bonds is 6. The van der Waals surface area contributed by atoms with Gasteiger partial charge in [-0.2, -0.15) is 0 Å². The third-order valence-electron chi connectivity index (χ3n) is 6.84. The molecule has 4 aromatic rings. The van der Waals surface area contributed by atoms with E-state index in [2.05, 4.69) is 0 Å². The first-order valence-corrected chi connectivity index (χ1v) is 12.2. The average Bonchev–Trinajstić information content (AvgIpc) is 3.18. The Balaban J connectivity index is 1.48. The average molecular weight is 504 g/mol. The highest BCUT2D eigenvalue weighted by Gasteiger charge is 2.37. The Bertz CT molecular complexity index is 1570. The van der Waals surface area contributed by atoms with E-state index < -0.39 is 23.9 Å². The fraction of sp³-hybridized carbons (Fsp3) is 0.125. The summed E-state index contributed by atoms with van der Waals surface area (Å²) in [5.74, 6) is -1.99. The molecule has 5 rings (SSSR count). The Morgan fingerprint density at radius 2 is 1.24 bits per heavy atom. The van der Waals surface area contributed by atoms with Gasteiger partial charge in [-0.1, -0.05) is 60.7 Å². The monoisotopic (exact) mass is 503 g/mol. The van der Waals surface area contributed by atoms with E-state index in [-0.39, 0.29) is 11.3 Å². The van der Waals surface area contributed by atoms with E-state index in [4.69, 9.17) is 4.74 Å². The van der Waals surface area contributed by atoms with Gasteiger partial charge in [0.2, 0.25) is 5.78 Å². The van der Waals surface area contributed by atoms with E-state index in [0.717, 1.165) is 16.0 Å². The molecule has 0 saturated carbocycles. The highest BCUT2D eigenvalue weighted by atomic mass is 16.5. The van der Waals surface area contributed by atoms with Gasteiger partial charge in [-0.05, 0) is 67.8 Å². The molecule has 6 nitrogen and oxygen atoms in total. The maximum atomic E-state index is 13.5. The van der Waals surface area contributed by atoms with E-state index in [1.54, 1.807) is 79.7 Å². The van der Waals surface area contributed by atoms with E-state index in [0.29, 0.717) is 33.5 Å². The van der Waals surface area contributed by atoms with Crippen LogP contribution in [0.15, 0.2) is 91.0 Å². The second-order valence-corrected chi connectivity index (χ2v) is 9.35. The molecule has 188 valence electrons. The number of hydrogen-bond donors (Lipinski definition) is 0. The number of Topliss-reactive ketones (excluding diaryl/α,β-unsaturated/α-hetero) is 1. The Kier molecular flexibility index (Phi) is 6.47. The molecule has 0 radical (unpaired) electrons. The lowest BCUT2D eigenvalue weighted by atomic mass is 9.97. The molecule has 1 heterocycles. The number of hydrogen-bond acceptors (Lipinski definition) is 5. The van der Waals surface area contributed by atoms with Crippen LogP contribution in [0.3, 0.4) is 0 Å². The van der Waals surface area contributed by atoms with Crippen molar-refractivity contribution in [3.8, 4) is 0 Å². The summed E-state index contributed by atoms with van der Waals surface area (Å²) in [4.78, 5) is 54.1. The number of fused-ring (bicyclic) bond motifs is 1. The van der Waals surface area contributed by atoms with Crippen molar-refractivity contribution in [1.82, 2.24) is 0 Å². The molecule has 0 aliphatic carbocycles. The van der Waals surface area contributed by atoms with Gasteiger partial charge in [0.15, 0.2) is 6.10 Å². The first-order chi connectivity index (χ1) is 18.3. The minimum Gasteiger partial charge on any atom is -0.445 e. The van der Waals surface area contributed by atoms with Crippen molar-refractivity contribution < 1.29 is 23.9 Å². The summed E-state index contributed by atoms with van der Waals surface area (Å²) in [6.45, 7) is 5.63. The van der Waals surface area contributed by atoms with Crippen molar-refractivity contribution in [2.75, 3.05) is 4.90 Å². The molecule has 0 aromatic heterocycles. The summed E-state index contributed by atoms with van der Waals surface area (Å²) in [6.07, 6.45) is -1.17. The van der Waals surface area contributed by atoms with Crippen LogP contribution in [-0.4, -0.2) is 23.6 Å². The molecule has 38 heavy (non-hydrogen) atoms. The van der Waals surface area contributed by atoms with Crippen LogP contribution in [-0.2, 0) is 4.74 Å². The minimum absolute atomic E-state index is 0.121. The Labute approximate surface area is 220 Å². The summed E-state index contributed by atoms with van der Waals surface area (Å²) < 4.78 is 5.81. The molecular weight excluding hydrogens is 478 g/mol. The van der Waals surface area contributed by atoms with Crippen LogP contribution in [0.1, 0.15) is 69.8 Å². The van der Waals surface area contributed by atoms with Crippen molar-refractivity contribution in [3.63, 3.8) is 0 Å². The quantitative estimate of drug-likeness (QED) is 0.178. The third-order valence-corrected chi connectivity index (χ3v) is 6.84. The van der Waals surface area contributed by atoms with Gasteiger partial charge in [-0.3, -0.25) is 14.4 Å². The fourth-order valence-corrected chi connectivity index (χ4v) is 4.51. The molecule has 0 fully saturated rings. The van der Waals surface area contributed by atoms with Gasteiger partial charge >= 0.3 is 5.97 Å². The number of carbonyl (C=O) groups is 4. The molecule has 4 aromatic carbocycles. The normalized spacial score (nSPS) is 13.3. The van der Waals surface area contributed by atoms with Crippen molar-refractivity contribution in [2.45, 2.75) is 26.9 Å². The van der Waals surface area contributed by atoms with Crippen molar-refractivity contribution >= 4 is 29.3 Å². The molecule has 0 spiro atoms. The Morgan fingerprint density at radius 1 is 0.658 bits per heavy atom. The summed E-state index contributed by atoms with van der Waals surface area (Å²) in [7, 11) is 0. The second-order valence-electron chi connectivity index (χ2n) is 9.35. The number of carbonyl (C=O) groups excluding carboxylic acids is 4. The third kappa shape index (κ3) is 4.41. The van der Waals surface area contributed by atoms with E-state index >= 15 is 0 Å². The van der Waals surface area contributed by atoms with Gasteiger partial charge in [0, 0.05) is 11.1 Å². The smallest absolute Gasteiger partial charge is 0.339 e. The molecule has 6 heteroatoms. The molecule has 0 N–H and O–H groups in total. The topological polar surface area (TPSA) is 80.8 Å². The van der Waals surface area contributed by atoms with Gasteiger partial charge in [0.05, 0.1) is 22.4 Å². The first kappa shape index (κ1) is 24.8. The summed E-state index contributed by atoms with van der Waals surface area (Å²) in [5.41, 5.74) is 4.66. The van der Waals surface area contributed by atoms with Gasteiger partial charge in [0.25, 0.3) is 11.8 Å². The lowest BCUT2D eigenvalue weighted by Gasteiger charge is -2.20. The largest absolute Gasteiger partial charge is 0.445 e. The number of ketones is 1. The molecule has 1 unspecified atom stereocenters. The first-order valence-electron chi connectivity index (χ1n) is 12.2. The van der Waals surface area contributed by atoms with E-state index in [9.17, 15) is 19.2 Å². The van der Waals surface area contributed by atoms with Crippen LogP contribution < -0.4 is 4.90 Å². The Morgan fingerprint density at radius 3 is 1.87 bits per heavy atom. The molecule has 0 saturated heterocycles.